The number of hydrogen-bond acceptors (Lipinski definition) is 2. The van der Waals surface area contributed by atoms with Crippen molar-refractivity contribution in [3.8, 4) is 0 Å². The van der Waals surface area contributed by atoms with Gasteiger partial charge in [-0.25, -0.2) is 0 Å². The predicted molar refractivity (Wildman–Crippen MR) is 71.6 cm³/mol. The average molecular weight is 272 g/mol. The van der Waals surface area contributed by atoms with E-state index < -0.39 is 11.7 Å². The molecule has 1 aromatic carbocycles. The molecule has 0 bridgehead atoms. The molecule has 0 unspecified atom stereocenters. The minimum absolute atomic E-state index is 0.0172. The second-order valence-electron chi connectivity index (χ2n) is 5.93. The number of fused-ring (bicyclic) bond motifs is 1. The highest BCUT2D eigenvalue weighted by molar-refractivity contribution is 5.77. The molecule has 1 aliphatic heterocycles. The van der Waals surface area contributed by atoms with E-state index in [9.17, 15) is 13.2 Å². The number of nitrogens with one attached hydrogen (secondary N) is 1. The molecule has 0 saturated heterocycles. The fourth-order valence-corrected chi connectivity index (χ4v) is 2.53. The largest absolute Gasteiger partial charge is 0.418 e. The van der Waals surface area contributed by atoms with Gasteiger partial charge in [-0.2, -0.15) is 13.2 Å². The first-order valence-electron chi connectivity index (χ1n) is 6.37. The Hall–Kier alpha value is -1.39. The van der Waals surface area contributed by atoms with Crippen LogP contribution in [0.1, 0.15) is 33.3 Å². The molecule has 0 fully saturated rings. The molecule has 106 valence electrons. The highest BCUT2D eigenvalue weighted by Crippen LogP contribution is 2.44. The van der Waals surface area contributed by atoms with E-state index in [0.717, 1.165) is 6.07 Å². The number of anilines is 2. The number of halogens is 3. The van der Waals surface area contributed by atoms with Gasteiger partial charge in [0.1, 0.15) is 0 Å². The van der Waals surface area contributed by atoms with Gasteiger partial charge in [0.25, 0.3) is 0 Å². The minimum Gasteiger partial charge on any atom is -0.377 e. The lowest BCUT2D eigenvalue weighted by atomic mass is 9.96. The summed E-state index contributed by atoms with van der Waals surface area (Å²) < 4.78 is 39.5. The Bertz CT molecular complexity index is 478. The summed E-state index contributed by atoms with van der Waals surface area (Å²) in [5, 5.41) is 3.19. The van der Waals surface area contributed by atoms with Crippen LogP contribution in [0.2, 0.25) is 0 Å². The van der Waals surface area contributed by atoms with Gasteiger partial charge in [0.05, 0.1) is 16.9 Å². The van der Waals surface area contributed by atoms with Crippen LogP contribution in [0.3, 0.4) is 0 Å². The van der Waals surface area contributed by atoms with E-state index in [1.807, 2.05) is 32.6 Å². The maximum atomic E-state index is 13.2. The summed E-state index contributed by atoms with van der Waals surface area (Å²) in [5.74, 6) is 0. The van der Waals surface area contributed by atoms with Crippen LogP contribution in [0.25, 0.3) is 0 Å². The summed E-state index contributed by atoms with van der Waals surface area (Å²) in [6.45, 7) is 8.36. The number of alkyl halides is 3. The molecular weight excluding hydrogens is 253 g/mol. The summed E-state index contributed by atoms with van der Waals surface area (Å²) in [5.41, 5.74) is 0.00685. The van der Waals surface area contributed by atoms with Crippen molar-refractivity contribution in [1.29, 1.82) is 0 Å². The molecule has 0 aliphatic carbocycles. The lowest BCUT2D eigenvalue weighted by Crippen LogP contribution is -2.51. The topological polar surface area (TPSA) is 15.3 Å². The molecule has 2 rings (SSSR count). The van der Waals surface area contributed by atoms with Gasteiger partial charge in [-0.05, 0) is 39.8 Å². The molecule has 5 heteroatoms. The van der Waals surface area contributed by atoms with E-state index in [1.165, 1.54) is 6.07 Å². The molecule has 0 atom stereocenters. The molecule has 0 aromatic heterocycles. The third-order valence-electron chi connectivity index (χ3n) is 3.29. The highest BCUT2D eigenvalue weighted by atomic mass is 19.4. The Morgan fingerprint density at radius 3 is 2.42 bits per heavy atom. The van der Waals surface area contributed by atoms with Gasteiger partial charge in [-0.3, -0.25) is 0 Å². The lowest BCUT2D eigenvalue weighted by molar-refractivity contribution is -0.137. The first kappa shape index (κ1) is 14.0. The Morgan fingerprint density at radius 2 is 1.89 bits per heavy atom. The lowest BCUT2D eigenvalue weighted by Gasteiger charge is -2.45. The molecule has 1 aliphatic rings. The van der Waals surface area contributed by atoms with Gasteiger partial charge in [0.15, 0.2) is 0 Å². The maximum absolute atomic E-state index is 13.2. The number of benzene rings is 1. The summed E-state index contributed by atoms with van der Waals surface area (Å²) >= 11 is 0. The van der Waals surface area contributed by atoms with Gasteiger partial charge < -0.3 is 10.2 Å². The van der Waals surface area contributed by atoms with Crippen molar-refractivity contribution >= 4 is 11.4 Å². The molecule has 19 heavy (non-hydrogen) atoms. The molecule has 0 radical (unpaired) electrons. The van der Waals surface area contributed by atoms with Crippen molar-refractivity contribution in [2.75, 3.05) is 16.8 Å². The second kappa shape index (κ2) is 4.32. The molecule has 2 nitrogen and oxygen atoms in total. The zero-order valence-corrected chi connectivity index (χ0v) is 11.6. The smallest absolute Gasteiger partial charge is 0.377 e. The summed E-state index contributed by atoms with van der Waals surface area (Å²) in [6, 6.07) is 4.33. The van der Waals surface area contributed by atoms with Crippen LogP contribution in [0.5, 0.6) is 0 Å². The summed E-state index contributed by atoms with van der Waals surface area (Å²) in [7, 11) is 0. The van der Waals surface area contributed by atoms with Gasteiger partial charge in [-0.15, -0.1) is 0 Å². The van der Waals surface area contributed by atoms with Crippen molar-refractivity contribution in [2.24, 2.45) is 0 Å². The van der Waals surface area contributed by atoms with E-state index in [1.54, 1.807) is 6.07 Å². The monoisotopic (exact) mass is 272 g/mol. The van der Waals surface area contributed by atoms with Crippen LogP contribution in [0, 0.1) is 0 Å². The molecule has 0 spiro atoms. The predicted octanol–water partition coefficient (Wildman–Crippen LogP) is 4.12. The fourth-order valence-electron chi connectivity index (χ4n) is 2.53. The van der Waals surface area contributed by atoms with Crippen molar-refractivity contribution < 1.29 is 13.2 Å². The third kappa shape index (κ3) is 2.65. The van der Waals surface area contributed by atoms with Crippen LogP contribution < -0.4 is 10.2 Å². The van der Waals surface area contributed by atoms with E-state index in [-0.39, 0.29) is 17.3 Å². The van der Waals surface area contributed by atoms with Crippen LogP contribution >= 0.6 is 0 Å². The first-order chi connectivity index (χ1) is 8.62. The zero-order valence-electron chi connectivity index (χ0n) is 11.6. The third-order valence-corrected chi connectivity index (χ3v) is 3.29. The van der Waals surface area contributed by atoms with E-state index in [2.05, 4.69) is 5.32 Å². The highest BCUT2D eigenvalue weighted by Gasteiger charge is 2.40. The molecule has 1 N–H and O–H groups in total. The van der Waals surface area contributed by atoms with Crippen molar-refractivity contribution in [2.45, 2.75) is 45.5 Å². The normalized spacial score (nSPS) is 18.2. The second-order valence-corrected chi connectivity index (χ2v) is 5.93. The standard InChI is InChI=1S/C14H19F3N2/c1-9(2)19-8-13(3,4)18-11-7-5-6-10(12(11)19)14(15,16)17/h5-7,9,18H,8H2,1-4H3. The van der Waals surface area contributed by atoms with Crippen LogP contribution in [-0.4, -0.2) is 18.1 Å². The van der Waals surface area contributed by atoms with Gasteiger partial charge in [0, 0.05) is 18.1 Å². The van der Waals surface area contributed by atoms with E-state index in [4.69, 9.17) is 0 Å². The average Bonchev–Trinajstić information content (AvgIpc) is 2.24. The Morgan fingerprint density at radius 1 is 1.26 bits per heavy atom. The van der Waals surface area contributed by atoms with Crippen molar-refractivity contribution in [1.82, 2.24) is 0 Å². The Labute approximate surface area is 111 Å². The molecule has 1 heterocycles. The molecule has 0 amide bonds. The molecule has 0 saturated carbocycles. The number of para-hydroxylation sites is 1. The maximum Gasteiger partial charge on any atom is 0.418 e. The minimum atomic E-state index is -4.33. The quantitative estimate of drug-likeness (QED) is 0.827. The molecule has 1 aromatic rings. The Kier molecular flexibility index (Phi) is 3.19. The first-order valence-corrected chi connectivity index (χ1v) is 6.37. The van der Waals surface area contributed by atoms with Crippen molar-refractivity contribution in [3.05, 3.63) is 23.8 Å². The fraction of sp³-hybridized carbons (Fsp3) is 0.571. The Balaban J connectivity index is 2.62. The zero-order chi connectivity index (χ0) is 14.4. The van der Waals surface area contributed by atoms with Crippen LogP contribution in [-0.2, 0) is 6.18 Å². The molecular formula is C14H19F3N2. The van der Waals surface area contributed by atoms with E-state index in [0.29, 0.717) is 12.2 Å². The SMILES string of the molecule is CC(C)N1CC(C)(C)Nc2cccc(C(F)(F)F)c21. The van der Waals surface area contributed by atoms with Gasteiger partial charge in [0.2, 0.25) is 0 Å². The van der Waals surface area contributed by atoms with Crippen LogP contribution in [0.15, 0.2) is 18.2 Å². The van der Waals surface area contributed by atoms with E-state index >= 15 is 0 Å². The number of rotatable bonds is 1. The number of nitrogens with zero attached hydrogens (tertiary/aromatic N) is 1. The van der Waals surface area contributed by atoms with Crippen molar-refractivity contribution in [3.63, 3.8) is 0 Å². The van der Waals surface area contributed by atoms with Crippen LogP contribution in [0.4, 0.5) is 24.5 Å². The van der Waals surface area contributed by atoms with Gasteiger partial charge >= 0.3 is 6.18 Å². The summed E-state index contributed by atoms with van der Waals surface area (Å²) in [4.78, 5) is 1.83. The van der Waals surface area contributed by atoms with Gasteiger partial charge in [-0.1, -0.05) is 6.07 Å². The summed E-state index contributed by atoms with van der Waals surface area (Å²) in [6.07, 6.45) is -4.33. The number of hydrogen-bond donors (Lipinski definition) is 1.